The largest absolute Gasteiger partial charge is 0.337 e. The molecule has 0 radical (unpaired) electrons. The number of pyridine rings is 1. The molecule has 1 saturated heterocycles. The normalized spacial score (nSPS) is 14.0. The van der Waals surface area contributed by atoms with E-state index in [4.69, 9.17) is 28.2 Å². The van der Waals surface area contributed by atoms with Crippen molar-refractivity contribution in [2.45, 2.75) is 6.92 Å². The van der Waals surface area contributed by atoms with Gasteiger partial charge in [-0.15, -0.1) is 0 Å². The fourth-order valence-electron chi connectivity index (χ4n) is 4.25. The molecular weight excluding hydrogens is 457 g/mol. The molecular formula is C25H21Cl2N5O. The maximum absolute atomic E-state index is 13.8. The molecule has 5 rings (SSSR count). The molecule has 8 heteroatoms. The summed E-state index contributed by atoms with van der Waals surface area (Å²) in [6.07, 6.45) is 3.46. The van der Waals surface area contributed by atoms with E-state index in [1.807, 2.05) is 42.2 Å². The third-order valence-electron chi connectivity index (χ3n) is 5.94. The molecule has 0 atom stereocenters. The molecule has 3 heterocycles. The van der Waals surface area contributed by atoms with Crippen molar-refractivity contribution in [3.05, 3.63) is 82.1 Å². The Hall–Kier alpha value is -3.22. The molecule has 1 aliphatic heterocycles. The van der Waals surface area contributed by atoms with Gasteiger partial charge in [-0.25, -0.2) is 15.0 Å². The highest BCUT2D eigenvalue weighted by Crippen LogP contribution is 2.35. The van der Waals surface area contributed by atoms with Gasteiger partial charge in [0.15, 0.2) is 0 Å². The predicted molar refractivity (Wildman–Crippen MR) is 132 cm³/mol. The number of hydrogen-bond donors (Lipinski definition) is 0. The van der Waals surface area contributed by atoms with Crippen LogP contribution in [0.5, 0.6) is 0 Å². The van der Waals surface area contributed by atoms with Gasteiger partial charge in [-0.2, -0.15) is 0 Å². The molecule has 0 unspecified atom stereocenters. The maximum atomic E-state index is 13.8. The van der Waals surface area contributed by atoms with Crippen LogP contribution in [0.1, 0.15) is 15.9 Å². The van der Waals surface area contributed by atoms with Crippen molar-refractivity contribution in [3.63, 3.8) is 0 Å². The second kappa shape index (κ2) is 8.96. The van der Waals surface area contributed by atoms with E-state index < -0.39 is 0 Å². The summed E-state index contributed by atoms with van der Waals surface area (Å²) in [6.45, 7) is 4.46. The van der Waals surface area contributed by atoms with Crippen molar-refractivity contribution in [1.29, 1.82) is 0 Å². The molecule has 1 aliphatic rings. The summed E-state index contributed by atoms with van der Waals surface area (Å²) in [5.41, 5.74) is 3.66. The summed E-state index contributed by atoms with van der Waals surface area (Å²) in [4.78, 5) is 31.3. The Morgan fingerprint density at radius 1 is 0.939 bits per heavy atom. The molecule has 0 N–H and O–H groups in total. The van der Waals surface area contributed by atoms with Crippen LogP contribution in [0.15, 0.2) is 60.9 Å². The third kappa shape index (κ3) is 4.12. The average molecular weight is 478 g/mol. The number of nitrogens with zero attached hydrogens (tertiary/aromatic N) is 5. The smallest absolute Gasteiger partial charge is 0.255 e. The summed E-state index contributed by atoms with van der Waals surface area (Å²) < 4.78 is 0. The van der Waals surface area contributed by atoms with Crippen molar-refractivity contribution >= 4 is 46.0 Å². The topological polar surface area (TPSA) is 62.2 Å². The molecule has 1 amide bonds. The molecule has 33 heavy (non-hydrogen) atoms. The first-order valence-electron chi connectivity index (χ1n) is 10.7. The Bertz CT molecular complexity index is 1340. The first-order chi connectivity index (χ1) is 16.0. The average Bonchev–Trinajstić information content (AvgIpc) is 2.84. The Labute approximate surface area is 201 Å². The molecule has 0 saturated carbocycles. The number of rotatable bonds is 3. The lowest BCUT2D eigenvalue weighted by Gasteiger charge is -2.35. The lowest BCUT2D eigenvalue weighted by molar-refractivity contribution is 0.0747. The molecule has 0 aliphatic carbocycles. The van der Waals surface area contributed by atoms with Crippen molar-refractivity contribution in [2.24, 2.45) is 0 Å². The number of carbonyl (C=O) groups excluding carboxylic acids is 1. The minimum absolute atomic E-state index is 0.00827. The minimum atomic E-state index is -0.00827. The van der Waals surface area contributed by atoms with Crippen molar-refractivity contribution in [2.75, 3.05) is 31.1 Å². The fraction of sp³-hybridized carbons (Fsp3) is 0.200. The number of halogens is 2. The molecule has 6 nitrogen and oxygen atoms in total. The van der Waals surface area contributed by atoms with Crippen LogP contribution < -0.4 is 4.90 Å². The molecule has 0 bridgehead atoms. The zero-order valence-corrected chi connectivity index (χ0v) is 19.5. The Morgan fingerprint density at radius 3 is 2.39 bits per heavy atom. The summed E-state index contributed by atoms with van der Waals surface area (Å²) in [6, 6.07) is 14.8. The van der Waals surface area contributed by atoms with Gasteiger partial charge in [-0.05, 0) is 42.8 Å². The van der Waals surface area contributed by atoms with Gasteiger partial charge in [0.25, 0.3) is 5.91 Å². The lowest BCUT2D eigenvalue weighted by atomic mass is 9.96. The third-order valence-corrected chi connectivity index (χ3v) is 6.49. The Morgan fingerprint density at radius 2 is 1.67 bits per heavy atom. The number of aromatic nitrogens is 3. The highest BCUT2D eigenvalue weighted by molar-refractivity contribution is 6.36. The van der Waals surface area contributed by atoms with Crippen molar-refractivity contribution in [3.8, 4) is 11.3 Å². The second-order valence-corrected chi connectivity index (χ2v) is 8.77. The number of piperazine rings is 1. The number of para-hydroxylation sites is 1. The van der Waals surface area contributed by atoms with Crippen LogP contribution in [-0.4, -0.2) is 51.9 Å². The van der Waals surface area contributed by atoms with Crippen LogP contribution in [0.4, 0.5) is 5.95 Å². The maximum Gasteiger partial charge on any atom is 0.255 e. The first-order valence-corrected chi connectivity index (χ1v) is 11.4. The first kappa shape index (κ1) is 21.6. The van der Waals surface area contributed by atoms with Gasteiger partial charge in [0.05, 0.1) is 21.8 Å². The van der Waals surface area contributed by atoms with E-state index in [-0.39, 0.29) is 5.91 Å². The van der Waals surface area contributed by atoms with E-state index in [0.29, 0.717) is 53.4 Å². The predicted octanol–water partition coefficient (Wildman–Crippen LogP) is 5.27. The van der Waals surface area contributed by atoms with Crippen LogP contribution in [0, 0.1) is 6.92 Å². The SMILES string of the molecule is Cc1c(-c2ccc(Cl)cc2Cl)nc2ccccc2c1C(=O)N1CCN(c2ncccn2)CC1. The number of benzene rings is 2. The molecule has 2 aromatic heterocycles. The van der Waals surface area contributed by atoms with Crippen LogP contribution >= 0.6 is 23.2 Å². The second-order valence-electron chi connectivity index (χ2n) is 7.93. The van der Waals surface area contributed by atoms with E-state index >= 15 is 0 Å². The van der Waals surface area contributed by atoms with Gasteiger partial charge in [0.1, 0.15) is 0 Å². The summed E-state index contributed by atoms with van der Waals surface area (Å²) in [5, 5.41) is 1.89. The number of anilines is 1. The van der Waals surface area contributed by atoms with Crippen LogP contribution in [0.2, 0.25) is 10.0 Å². The highest BCUT2D eigenvalue weighted by atomic mass is 35.5. The van der Waals surface area contributed by atoms with Crippen LogP contribution in [0.3, 0.4) is 0 Å². The fourth-order valence-corrected chi connectivity index (χ4v) is 4.75. The molecule has 4 aromatic rings. The van der Waals surface area contributed by atoms with Gasteiger partial charge >= 0.3 is 0 Å². The lowest BCUT2D eigenvalue weighted by Crippen LogP contribution is -2.49. The quantitative estimate of drug-likeness (QED) is 0.402. The minimum Gasteiger partial charge on any atom is -0.337 e. The van der Waals surface area contributed by atoms with E-state index in [0.717, 1.165) is 22.0 Å². The molecule has 0 spiro atoms. The van der Waals surface area contributed by atoms with Crippen LogP contribution in [0.25, 0.3) is 22.2 Å². The van der Waals surface area contributed by atoms with Gasteiger partial charge in [0, 0.05) is 54.5 Å². The Balaban J connectivity index is 1.52. The number of fused-ring (bicyclic) bond motifs is 1. The number of amides is 1. The van der Waals surface area contributed by atoms with E-state index in [2.05, 4.69) is 14.9 Å². The zero-order chi connectivity index (χ0) is 22.9. The molecule has 1 fully saturated rings. The molecule has 2 aromatic carbocycles. The Kier molecular flexibility index (Phi) is 5.87. The number of carbonyl (C=O) groups is 1. The summed E-state index contributed by atoms with van der Waals surface area (Å²) in [5.74, 6) is 0.681. The monoisotopic (exact) mass is 477 g/mol. The van der Waals surface area contributed by atoms with Crippen LogP contribution in [-0.2, 0) is 0 Å². The number of hydrogen-bond acceptors (Lipinski definition) is 5. The van der Waals surface area contributed by atoms with Crippen molar-refractivity contribution < 1.29 is 4.79 Å². The van der Waals surface area contributed by atoms with Gasteiger partial charge in [-0.3, -0.25) is 4.79 Å². The van der Waals surface area contributed by atoms with Gasteiger partial charge in [-0.1, -0.05) is 41.4 Å². The highest BCUT2D eigenvalue weighted by Gasteiger charge is 2.27. The van der Waals surface area contributed by atoms with E-state index in [1.165, 1.54) is 0 Å². The van der Waals surface area contributed by atoms with Gasteiger partial charge < -0.3 is 9.80 Å². The van der Waals surface area contributed by atoms with Crippen molar-refractivity contribution in [1.82, 2.24) is 19.9 Å². The van der Waals surface area contributed by atoms with E-state index in [1.54, 1.807) is 30.6 Å². The summed E-state index contributed by atoms with van der Waals surface area (Å²) in [7, 11) is 0. The zero-order valence-electron chi connectivity index (χ0n) is 18.0. The molecule has 166 valence electrons. The van der Waals surface area contributed by atoms with Gasteiger partial charge in [0.2, 0.25) is 5.95 Å². The standard InChI is InChI=1S/C25H21Cl2N5O/c1-16-22(24(33)31-11-13-32(14-12-31)25-28-9-4-10-29-25)19-5-2-3-6-21(19)30-23(16)18-8-7-17(26)15-20(18)27/h2-10,15H,11-14H2,1H3. The summed E-state index contributed by atoms with van der Waals surface area (Å²) >= 11 is 12.6. The van der Waals surface area contributed by atoms with E-state index in [9.17, 15) is 4.79 Å².